The maximum Gasteiger partial charge on any atom is 0.293 e. The first-order valence-electron chi connectivity index (χ1n) is 8.62. The summed E-state index contributed by atoms with van der Waals surface area (Å²) >= 11 is 0.858. The number of carbonyl (C=O) groups excluding carboxylic acids is 3. The Morgan fingerprint density at radius 3 is 2.33 bits per heavy atom. The molecule has 0 bridgehead atoms. The SMILES string of the molecule is O=C(C[C@H]1SC(=O)N(c2ccccc2)C1=O)N[C@H](CO)Cc1ccccc1. The number of aliphatic hydroxyl groups is 1. The summed E-state index contributed by atoms with van der Waals surface area (Å²) in [5.74, 6) is -0.756. The van der Waals surface area contributed by atoms with Crippen LogP contribution >= 0.6 is 11.8 Å². The Labute approximate surface area is 161 Å². The van der Waals surface area contributed by atoms with Gasteiger partial charge in [0.25, 0.3) is 5.24 Å². The van der Waals surface area contributed by atoms with Gasteiger partial charge in [-0.1, -0.05) is 48.5 Å². The maximum absolute atomic E-state index is 12.6. The normalized spacial score (nSPS) is 17.8. The van der Waals surface area contributed by atoms with Gasteiger partial charge in [-0.05, 0) is 35.9 Å². The van der Waals surface area contributed by atoms with Crippen LogP contribution in [0.1, 0.15) is 12.0 Å². The predicted molar refractivity (Wildman–Crippen MR) is 104 cm³/mol. The molecule has 2 aromatic carbocycles. The molecule has 2 N–H and O–H groups in total. The molecule has 7 heteroatoms. The summed E-state index contributed by atoms with van der Waals surface area (Å²) in [6.45, 7) is -0.207. The molecule has 6 nitrogen and oxygen atoms in total. The van der Waals surface area contributed by atoms with E-state index >= 15 is 0 Å². The number of aliphatic hydroxyl groups excluding tert-OH is 1. The van der Waals surface area contributed by atoms with Crippen molar-refractivity contribution in [3.63, 3.8) is 0 Å². The number of benzene rings is 2. The number of hydrogen-bond acceptors (Lipinski definition) is 5. The minimum Gasteiger partial charge on any atom is -0.394 e. The molecule has 2 atom stereocenters. The molecule has 140 valence electrons. The van der Waals surface area contributed by atoms with Crippen molar-refractivity contribution in [1.82, 2.24) is 5.32 Å². The zero-order valence-corrected chi connectivity index (χ0v) is 15.4. The van der Waals surface area contributed by atoms with Crippen LogP contribution in [0.2, 0.25) is 0 Å². The molecule has 1 fully saturated rings. The highest BCUT2D eigenvalue weighted by molar-refractivity contribution is 8.15. The molecular weight excluding hydrogens is 364 g/mol. The van der Waals surface area contributed by atoms with E-state index < -0.39 is 17.2 Å². The summed E-state index contributed by atoms with van der Waals surface area (Å²) in [6.07, 6.45) is 0.383. The highest BCUT2D eigenvalue weighted by atomic mass is 32.2. The lowest BCUT2D eigenvalue weighted by molar-refractivity contribution is -0.125. The van der Waals surface area contributed by atoms with Crippen molar-refractivity contribution in [3.8, 4) is 0 Å². The van der Waals surface area contributed by atoms with Crippen molar-refractivity contribution in [2.45, 2.75) is 24.1 Å². The van der Waals surface area contributed by atoms with Crippen molar-refractivity contribution < 1.29 is 19.5 Å². The Bertz CT molecular complexity index is 813. The lowest BCUT2D eigenvalue weighted by Gasteiger charge is -2.17. The Morgan fingerprint density at radius 1 is 1.07 bits per heavy atom. The van der Waals surface area contributed by atoms with Crippen molar-refractivity contribution >= 4 is 34.5 Å². The average molecular weight is 384 g/mol. The summed E-state index contributed by atoms with van der Waals surface area (Å²) in [6, 6.07) is 17.7. The van der Waals surface area contributed by atoms with Crippen molar-refractivity contribution in [2.75, 3.05) is 11.5 Å². The molecule has 3 amide bonds. The largest absolute Gasteiger partial charge is 0.394 e. The number of imide groups is 1. The van der Waals surface area contributed by atoms with Crippen molar-refractivity contribution in [1.29, 1.82) is 0 Å². The second kappa shape index (κ2) is 8.83. The molecule has 0 radical (unpaired) electrons. The molecule has 0 spiro atoms. The van der Waals surface area contributed by atoms with Crippen LogP contribution in [0.4, 0.5) is 10.5 Å². The Morgan fingerprint density at radius 2 is 1.70 bits per heavy atom. The summed E-state index contributed by atoms with van der Waals surface area (Å²) in [7, 11) is 0. The topological polar surface area (TPSA) is 86.7 Å². The van der Waals surface area contributed by atoms with Crippen LogP contribution < -0.4 is 10.2 Å². The average Bonchev–Trinajstić information content (AvgIpc) is 2.95. The fraction of sp³-hybridized carbons (Fsp3) is 0.250. The molecule has 0 aliphatic carbocycles. The fourth-order valence-electron chi connectivity index (χ4n) is 2.91. The number of anilines is 1. The molecule has 0 unspecified atom stereocenters. The summed E-state index contributed by atoms with van der Waals surface area (Å²) in [5, 5.41) is 11.1. The molecule has 0 aromatic heterocycles. The van der Waals surface area contributed by atoms with Gasteiger partial charge >= 0.3 is 0 Å². The third kappa shape index (κ3) is 4.75. The number of nitrogens with zero attached hydrogens (tertiary/aromatic N) is 1. The third-order valence-corrected chi connectivity index (χ3v) is 5.25. The number of thioether (sulfide) groups is 1. The maximum atomic E-state index is 12.6. The first-order chi connectivity index (χ1) is 13.1. The predicted octanol–water partition coefficient (Wildman–Crippen LogP) is 2.36. The lowest BCUT2D eigenvalue weighted by atomic mass is 10.1. The molecular formula is C20H20N2O4S. The van der Waals surface area contributed by atoms with Crippen LogP contribution in [0.3, 0.4) is 0 Å². The van der Waals surface area contributed by atoms with E-state index in [0.717, 1.165) is 22.2 Å². The Hall–Kier alpha value is -2.64. The number of carbonyl (C=O) groups is 3. The van der Waals surface area contributed by atoms with Crippen molar-refractivity contribution in [2.24, 2.45) is 0 Å². The fourth-order valence-corrected chi connectivity index (χ4v) is 3.90. The summed E-state index contributed by atoms with van der Waals surface area (Å²) in [4.78, 5) is 38.2. The van der Waals surface area contributed by atoms with Crippen LogP contribution in [-0.4, -0.2) is 40.1 Å². The molecule has 0 saturated carbocycles. The summed E-state index contributed by atoms with van der Waals surface area (Å²) < 4.78 is 0. The van der Waals surface area contributed by atoms with Gasteiger partial charge in [-0.3, -0.25) is 14.4 Å². The van der Waals surface area contributed by atoms with E-state index in [2.05, 4.69) is 5.32 Å². The van der Waals surface area contributed by atoms with Crippen molar-refractivity contribution in [3.05, 3.63) is 66.2 Å². The van der Waals surface area contributed by atoms with Gasteiger partial charge in [-0.15, -0.1) is 0 Å². The van der Waals surface area contributed by atoms with Crippen LogP contribution in [0.5, 0.6) is 0 Å². The van der Waals surface area contributed by atoms with Gasteiger partial charge in [-0.2, -0.15) is 0 Å². The van der Waals surface area contributed by atoms with Gasteiger partial charge in [0.2, 0.25) is 11.8 Å². The minimum absolute atomic E-state index is 0.107. The molecule has 1 saturated heterocycles. The molecule has 1 aliphatic heterocycles. The number of nitrogens with one attached hydrogen (secondary N) is 1. The van der Waals surface area contributed by atoms with Gasteiger partial charge in [0.1, 0.15) is 5.25 Å². The number of amides is 3. The smallest absolute Gasteiger partial charge is 0.293 e. The second-order valence-corrected chi connectivity index (χ2v) is 7.38. The van der Waals surface area contributed by atoms with Gasteiger partial charge in [0.05, 0.1) is 18.3 Å². The standard InChI is InChI=1S/C20H20N2O4S/c23-13-15(11-14-7-3-1-4-8-14)21-18(24)12-17-19(25)22(20(26)27-17)16-9-5-2-6-10-16/h1-10,15,17,23H,11-13H2,(H,21,24)/t15-,17+/m0/s1. The van der Waals surface area contributed by atoms with Gasteiger partial charge in [0, 0.05) is 6.42 Å². The van der Waals surface area contributed by atoms with Gasteiger partial charge < -0.3 is 10.4 Å². The van der Waals surface area contributed by atoms with Gasteiger partial charge in [-0.25, -0.2) is 4.90 Å². The van der Waals surface area contributed by atoms with E-state index in [9.17, 15) is 19.5 Å². The number of rotatable bonds is 7. The molecule has 1 heterocycles. The highest BCUT2D eigenvalue weighted by Gasteiger charge is 2.41. The zero-order chi connectivity index (χ0) is 19.2. The molecule has 3 rings (SSSR count). The van der Waals surface area contributed by atoms with Crippen LogP contribution in [-0.2, 0) is 16.0 Å². The zero-order valence-electron chi connectivity index (χ0n) is 14.6. The lowest BCUT2D eigenvalue weighted by Crippen LogP contribution is -2.41. The van der Waals surface area contributed by atoms with E-state index in [1.807, 2.05) is 30.3 Å². The van der Waals surface area contributed by atoms with E-state index in [1.54, 1.807) is 30.3 Å². The van der Waals surface area contributed by atoms with Crippen LogP contribution in [0, 0.1) is 0 Å². The monoisotopic (exact) mass is 384 g/mol. The van der Waals surface area contributed by atoms with Crippen LogP contribution in [0.25, 0.3) is 0 Å². The Balaban J connectivity index is 1.59. The van der Waals surface area contributed by atoms with Gasteiger partial charge in [0.15, 0.2) is 0 Å². The number of para-hydroxylation sites is 1. The highest BCUT2D eigenvalue weighted by Crippen LogP contribution is 2.33. The number of hydrogen-bond donors (Lipinski definition) is 2. The molecule has 2 aromatic rings. The molecule has 1 aliphatic rings. The quantitative estimate of drug-likeness (QED) is 0.765. The van der Waals surface area contributed by atoms with Crippen LogP contribution in [0.15, 0.2) is 60.7 Å². The minimum atomic E-state index is -0.756. The Kier molecular flexibility index (Phi) is 6.26. The van der Waals surface area contributed by atoms with E-state index in [4.69, 9.17) is 0 Å². The summed E-state index contributed by atoms with van der Waals surface area (Å²) in [5.41, 5.74) is 1.49. The first kappa shape index (κ1) is 19.1. The van der Waals surface area contributed by atoms with E-state index in [-0.39, 0.29) is 24.2 Å². The van der Waals surface area contributed by atoms with E-state index in [1.165, 1.54) is 0 Å². The second-order valence-electron chi connectivity index (χ2n) is 6.22. The first-order valence-corrected chi connectivity index (χ1v) is 9.50. The molecule has 27 heavy (non-hydrogen) atoms. The van der Waals surface area contributed by atoms with E-state index in [0.29, 0.717) is 12.1 Å². The third-order valence-electron chi connectivity index (χ3n) is 4.22.